The van der Waals surface area contributed by atoms with Crippen LogP contribution >= 0.6 is 0 Å². The van der Waals surface area contributed by atoms with Crippen molar-refractivity contribution >= 4 is 0 Å². The monoisotopic (exact) mass is 302 g/mol. The highest BCUT2D eigenvalue weighted by atomic mass is 19.4. The Morgan fingerprint density at radius 3 is 2.33 bits per heavy atom. The Bertz CT molecular complexity index is 430. The van der Waals surface area contributed by atoms with Gasteiger partial charge in [0.1, 0.15) is 0 Å². The Morgan fingerprint density at radius 2 is 1.81 bits per heavy atom. The summed E-state index contributed by atoms with van der Waals surface area (Å²) in [5, 5.41) is 0. The van der Waals surface area contributed by atoms with E-state index in [-0.39, 0.29) is 6.04 Å². The third kappa shape index (κ3) is 5.67. The van der Waals surface area contributed by atoms with Crippen LogP contribution in [0, 0.1) is 6.92 Å². The van der Waals surface area contributed by atoms with Crippen LogP contribution in [0.4, 0.5) is 13.2 Å². The predicted molar refractivity (Wildman–Crippen MR) is 79.6 cm³/mol. The number of halogens is 3. The van der Waals surface area contributed by atoms with Gasteiger partial charge in [0.05, 0.1) is 5.56 Å². The van der Waals surface area contributed by atoms with Gasteiger partial charge in [0, 0.05) is 6.04 Å². The summed E-state index contributed by atoms with van der Waals surface area (Å²) >= 11 is 0. The summed E-state index contributed by atoms with van der Waals surface area (Å²) in [7, 11) is 0. The van der Waals surface area contributed by atoms with Crippen LogP contribution in [-0.4, -0.2) is 0 Å². The molecule has 2 nitrogen and oxygen atoms in total. The van der Waals surface area contributed by atoms with Crippen LogP contribution < -0.4 is 11.3 Å². The molecule has 21 heavy (non-hydrogen) atoms. The molecule has 1 aromatic carbocycles. The quantitative estimate of drug-likeness (QED) is 0.408. The second-order valence-electron chi connectivity index (χ2n) is 5.49. The van der Waals surface area contributed by atoms with Crippen LogP contribution in [0.5, 0.6) is 0 Å². The molecule has 0 radical (unpaired) electrons. The van der Waals surface area contributed by atoms with E-state index >= 15 is 0 Å². The molecule has 0 spiro atoms. The van der Waals surface area contributed by atoms with E-state index in [2.05, 4.69) is 12.3 Å². The van der Waals surface area contributed by atoms with Gasteiger partial charge in [-0.2, -0.15) is 13.2 Å². The highest BCUT2D eigenvalue weighted by molar-refractivity contribution is 5.34. The van der Waals surface area contributed by atoms with Gasteiger partial charge in [-0.05, 0) is 36.6 Å². The molecule has 0 aromatic heterocycles. The van der Waals surface area contributed by atoms with Crippen molar-refractivity contribution in [2.75, 3.05) is 0 Å². The van der Waals surface area contributed by atoms with Gasteiger partial charge in [0.25, 0.3) is 0 Å². The van der Waals surface area contributed by atoms with E-state index in [1.165, 1.54) is 31.4 Å². The molecule has 0 aliphatic rings. The summed E-state index contributed by atoms with van der Waals surface area (Å²) in [6.07, 6.45) is 2.30. The molecule has 3 N–H and O–H groups in total. The fraction of sp³-hybridized carbons (Fsp3) is 0.625. The van der Waals surface area contributed by atoms with Crippen LogP contribution in [0.1, 0.15) is 68.2 Å². The molecular formula is C16H25F3N2. The number of hydrogen-bond acceptors (Lipinski definition) is 2. The standard InChI is InChI=1S/C16H25F3N2/c1-3-4-5-6-7-8-15(21-20)14-10-9-13(11-12(14)2)16(17,18)19/h9-11,15,21H,3-8,20H2,1-2H3. The molecule has 0 saturated carbocycles. The summed E-state index contributed by atoms with van der Waals surface area (Å²) in [5.74, 6) is 5.57. The van der Waals surface area contributed by atoms with Crippen molar-refractivity contribution in [2.45, 2.75) is 64.6 Å². The molecule has 5 heteroatoms. The van der Waals surface area contributed by atoms with Crippen LogP contribution in [0.3, 0.4) is 0 Å². The third-order valence-electron chi connectivity index (χ3n) is 3.77. The summed E-state index contributed by atoms with van der Waals surface area (Å²) in [6.45, 7) is 3.86. The topological polar surface area (TPSA) is 38.0 Å². The largest absolute Gasteiger partial charge is 0.416 e. The molecule has 0 aliphatic carbocycles. The third-order valence-corrected chi connectivity index (χ3v) is 3.77. The molecule has 1 aromatic rings. The fourth-order valence-corrected chi connectivity index (χ4v) is 2.52. The molecule has 0 bridgehead atoms. The SMILES string of the molecule is CCCCCCCC(NN)c1ccc(C(F)(F)F)cc1C. The Kier molecular flexibility index (Phi) is 7.18. The van der Waals surface area contributed by atoms with E-state index in [1.54, 1.807) is 6.92 Å². The lowest BCUT2D eigenvalue weighted by Gasteiger charge is -2.20. The number of hydrogen-bond donors (Lipinski definition) is 2. The molecule has 1 atom stereocenters. The molecule has 0 aliphatic heterocycles. The number of unbranched alkanes of at least 4 members (excludes halogenated alkanes) is 4. The van der Waals surface area contributed by atoms with Crippen LogP contribution in [0.2, 0.25) is 0 Å². The molecule has 0 fully saturated rings. The highest BCUT2D eigenvalue weighted by Gasteiger charge is 2.31. The molecule has 120 valence electrons. The first-order valence-corrected chi connectivity index (χ1v) is 7.54. The van der Waals surface area contributed by atoms with Crippen molar-refractivity contribution in [2.24, 2.45) is 5.84 Å². The Morgan fingerprint density at radius 1 is 1.14 bits per heavy atom. The van der Waals surface area contributed by atoms with Crippen molar-refractivity contribution in [3.8, 4) is 0 Å². The maximum atomic E-state index is 12.7. The lowest BCUT2D eigenvalue weighted by atomic mass is 9.95. The van der Waals surface area contributed by atoms with Gasteiger partial charge >= 0.3 is 6.18 Å². The summed E-state index contributed by atoms with van der Waals surface area (Å²) in [4.78, 5) is 0. The van der Waals surface area contributed by atoms with Gasteiger partial charge in [0.15, 0.2) is 0 Å². The second-order valence-corrected chi connectivity index (χ2v) is 5.49. The van der Waals surface area contributed by atoms with E-state index in [9.17, 15) is 13.2 Å². The van der Waals surface area contributed by atoms with Crippen LogP contribution in [-0.2, 0) is 6.18 Å². The average Bonchev–Trinajstić information content (AvgIpc) is 2.42. The normalized spacial score (nSPS) is 13.4. The molecule has 0 saturated heterocycles. The van der Waals surface area contributed by atoms with Crippen LogP contribution in [0.25, 0.3) is 0 Å². The van der Waals surface area contributed by atoms with Gasteiger partial charge in [-0.1, -0.05) is 45.1 Å². The zero-order valence-corrected chi connectivity index (χ0v) is 12.8. The number of hydrazine groups is 1. The van der Waals surface area contributed by atoms with Crippen LogP contribution in [0.15, 0.2) is 18.2 Å². The lowest BCUT2D eigenvalue weighted by Crippen LogP contribution is -2.28. The molecular weight excluding hydrogens is 277 g/mol. The minimum Gasteiger partial charge on any atom is -0.271 e. The smallest absolute Gasteiger partial charge is 0.271 e. The van der Waals surface area contributed by atoms with Crippen molar-refractivity contribution in [1.29, 1.82) is 0 Å². The minimum atomic E-state index is -4.30. The number of nitrogens with two attached hydrogens (primary N) is 1. The molecule has 1 unspecified atom stereocenters. The fourth-order valence-electron chi connectivity index (χ4n) is 2.52. The summed E-state index contributed by atoms with van der Waals surface area (Å²) in [5.41, 5.74) is 3.59. The number of rotatable bonds is 8. The van der Waals surface area contributed by atoms with E-state index in [1.807, 2.05) is 0 Å². The molecule has 1 rings (SSSR count). The number of benzene rings is 1. The number of nitrogens with one attached hydrogen (secondary N) is 1. The highest BCUT2D eigenvalue weighted by Crippen LogP contribution is 2.32. The summed E-state index contributed by atoms with van der Waals surface area (Å²) in [6, 6.07) is 3.77. The number of alkyl halides is 3. The van der Waals surface area contributed by atoms with Crippen molar-refractivity contribution < 1.29 is 13.2 Å². The first-order valence-electron chi connectivity index (χ1n) is 7.54. The zero-order chi connectivity index (χ0) is 15.9. The zero-order valence-electron chi connectivity index (χ0n) is 12.8. The van der Waals surface area contributed by atoms with Gasteiger partial charge in [-0.3, -0.25) is 11.3 Å². The van der Waals surface area contributed by atoms with Crippen molar-refractivity contribution in [3.05, 3.63) is 34.9 Å². The second kappa shape index (κ2) is 8.39. The van der Waals surface area contributed by atoms with E-state index in [0.29, 0.717) is 5.56 Å². The van der Waals surface area contributed by atoms with Crippen molar-refractivity contribution in [3.63, 3.8) is 0 Å². The predicted octanol–water partition coefficient (Wildman–Crippen LogP) is 4.88. The van der Waals surface area contributed by atoms with Gasteiger partial charge in [0.2, 0.25) is 0 Å². The lowest BCUT2D eigenvalue weighted by molar-refractivity contribution is -0.137. The Balaban J connectivity index is 2.68. The molecule has 0 amide bonds. The first kappa shape index (κ1) is 18.0. The maximum Gasteiger partial charge on any atom is 0.416 e. The molecule has 0 heterocycles. The van der Waals surface area contributed by atoms with E-state index in [0.717, 1.165) is 30.9 Å². The Labute approximate surface area is 124 Å². The van der Waals surface area contributed by atoms with E-state index in [4.69, 9.17) is 5.84 Å². The van der Waals surface area contributed by atoms with Crippen molar-refractivity contribution in [1.82, 2.24) is 5.43 Å². The Hall–Kier alpha value is -1.07. The first-order chi connectivity index (χ1) is 9.90. The number of aryl methyl sites for hydroxylation is 1. The van der Waals surface area contributed by atoms with Gasteiger partial charge < -0.3 is 0 Å². The minimum absolute atomic E-state index is 0.0890. The van der Waals surface area contributed by atoms with Gasteiger partial charge in [-0.25, -0.2) is 0 Å². The maximum absolute atomic E-state index is 12.7. The van der Waals surface area contributed by atoms with E-state index < -0.39 is 11.7 Å². The summed E-state index contributed by atoms with van der Waals surface area (Å²) < 4.78 is 38.0. The average molecular weight is 302 g/mol. The van der Waals surface area contributed by atoms with Gasteiger partial charge in [-0.15, -0.1) is 0 Å².